The van der Waals surface area contributed by atoms with Gasteiger partial charge in [0.25, 0.3) is 5.91 Å². The third kappa shape index (κ3) is 4.86. The molecule has 3 amide bonds. The summed E-state index contributed by atoms with van der Waals surface area (Å²) in [5.41, 5.74) is 7.75. The van der Waals surface area contributed by atoms with Gasteiger partial charge in [-0.15, -0.1) is 0 Å². The topological polar surface area (TPSA) is 69.9 Å². The first-order valence-electron chi connectivity index (χ1n) is 11.7. The van der Waals surface area contributed by atoms with Gasteiger partial charge in [0.15, 0.2) is 0 Å². The summed E-state index contributed by atoms with van der Waals surface area (Å²) in [5, 5.41) is 0. The minimum Gasteiger partial charge on any atom is -0.324 e. The molecule has 7 heteroatoms. The molecule has 0 saturated carbocycles. The van der Waals surface area contributed by atoms with Crippen molar-refractivity contribution in [3.63, 3.8) is 0 Å². The molecule has 4 rings (SSSR count). The third-order valence-corrected chi connectivity index (χ3v) is 7.51. The van der Waals surface area contributed by atoms with Gasteiger partial charge < -0.3 is 15.5 Å². The number of imide groups is 1. The fourth-order valence-electron chi connectivity index (χ4n) is 5.17. The lowest BCUT2D eigenvalue weighted by Crippen LogP contribution is -2.58. The van der Waals surface area contributed by atoms with Gasteiger partial charge in [-0.2, -0.15) is 0 Å². The highest BCUT2D eigenvalue weighted by Crippen LogP contribution is 2.39. The fourth-order valence-corrected chi connectivity index (χ4v) is 5.44. The first kappa shape index (κ1) is 23.9. The Morgan fingerprint density at radius 1 is 1.00 bits per heavy atom. The Labute approximate surface area is 204 Å². The van der Waals surface area contributed by atoms with Crippen LogP contribution in [0.5, 0.6) is 0 Å². The number of carbonyl (C=O) groups excluding carboxylic acids is 2. The zero-order chi connectivity index (χ0) is 23.6. The third-order valence-electron chi connectivity index (χ3n) is 6.98. The van der Waals surface area contributed by atoms with Crippen LogP contribution in [0.2, 0.25) is 0 Å². The van der Waals surface area contributed by atoms with Gasteiger partial charge in [-0.1, -0.05) is 58.4 Å². The summed E-state index contributed by atoms with van der Waals surface area (Å²) in [5.74, 6) is -0.0512. The van der Waals surface area contributed by atoms with Gasteiger partial charge in [-0.3, -0.25) is 9.69 Å². The molecule has 1 spiro atoms. The van der Waals surface area contributed by atoms with Crippen LogP contribution in [0.1, 0.15) is 50.3 Å². The van der Waals surface area contributed by atoms with Crippen LogP contribution < -0.4 is 5.73 Å². The Hall–Kier alpha value is -2.22. The first-order valence-corrected chi connectivity index (χ1v) is 12.5. The number of carbonyl (C=O) groups is 2. The lowest BCUT2D eigenvalue weighted by Gasteiger charge is -2.44. The Morgan fingerprint density at radius 3 is 2.24 bits per heavy atom. The van der Waals surface area contributed by atoms with Gasteiger partial charge in [0, 0.05) is 29.6 Å². The van der Waals surface area contributed by atoms with E-state index in [0.29, 0.717) is 19.4 Å². The highest BCUT2D eigenvalue weighted by Gasteiger charge is 2.58. The maximum atomic E-state index is 13.7. The summed E-state index contributed by atoms with van der Waals surface area (Å²) in [4.78, 5) is 32.7. The second-order valence-corrected chi connectivity index (χ2v) is 10.4. The van der Waals surface area contributed by atoms with Crippen molar-refractivity contribution in [3.05, 3.63) is 70.2 Å². The molecule has 6 nitrogen and oxygen atoms in total. The number of urea groups is 1. The second kappa shape index (κ2) is 9.95. The van der Waals surface area contributed by atoms with Crippen molar-refractivity contribution in [2.24, 2.45) is 5.73 Å². The van der Waals surface area contributed by atoms with Crippen LogP contribution in [0.15, 0.2) is 59.1 Å². The number of hydrogen-bond donors (Lipinski definition) is 1. The number of hydrogen-bond acceptors (Lipinski definition) is 4. The van der Waals surface area contributed by atoms with Crippen LogP contribution in [0.25, 0.3) is 0 Å². The number of nitrogens with two attached hydrogens (primary N) is 1. The van der Waals surface area contributed by atoms with Crippen molar-refractivity contribution in [3.8, 4) is 0 Å². The highest BCUT2D eigenvalue weighted by molar-refractivity contribution is 9.10. The van der Waals surface area contributed by atoms with Crippen LogP contribution in [-0.2, 0) is 11.3 Å². The number of benzene rings is 2. The molecule has 1 atom stereocenters. The van der Waals surface area contributed by atoms with Crippen LogP contribution >= 0.6 is 15.9 Å². The summed E-state index contributed by atoms with van der Waals surface area (Å²) >= 11 is 3.44. The molecule has 2 fully saturated rings. The van der Waals surface area contributed by atoms with Gasteiger partial charge in [0.1, 0.15) is 5.54 Å². The number of rotatable bonds is 7. The molecule has 2 aromatic carbocycles. The number of piperidine rings is 1. The molecule has 2 N–H and O–H groups in total. The van der Waals surface area contributed by atoms with E-state index in [2.05, 4.69) is 33.0 Å². The normalized spacial score (nSPS) is 19.7. The molecule has 2 aromatic rings. The predicted molar refractivity (Wildman–Crippen MR) is 133 cm³/mol. The molecule has 0 unspecified atom stereocenters. The standard InChI is InChI=1S/C26H33BrN4O2/c1-19(2)31-25(33)30(18-20-8-10-22(27)11-9-20)24(32)26(31)13-16-29(17-14-26)15-12-23(28)21-6-4-3-5-7-21/h3-11,19,23H,12-18,28H2,1-2H3/t23-/m0/s1. The molecule has 0 radical (unpaired) electrons. The van der Waals surface area contributed by atoms with E-state index in [1.807, 2.05) is 61.2 Å². The van der Waals surface area contributed by atoms with Gasteiger partial charge >= 0.3 is 6.03 Å². The SMILES string of the molecule is CC(C)N1C(=O)N(Cc2ccc(Br)cc2)C(=O)C12CCN(CC[C@H](N)c1ccccc1)CC2. The largest absolute Gasteiger partial charge is 0.328 e. The van der Waals surface area contributed by atoms with Crippen LogP contribution in [-0.4, -0.2) is 57.9 Å². The molecule has 2 aliphatic heterocycles. The zero-order valence-electron chi connectivity index (χ0n) is 19.4. The minimum atomic E-state index is -0.737. The molecular weight excluding hydrogens is 480 g/mol. The van der Waals surface area contributed by atoms with E-state index in [1.54, 1.807) is 0 Å². The minimum absolute atomic E-state index is 0.00494. The molecular formula is C26H33BrN4O2. The summed E-state index contributed by atoms with van der Waals surface area (Å²) in [6.45, 7) is 6.78. The lowest BCUT2D eigenvalue weighted by molar-refractivity contribution is -0.136. The molecule has 2 aliphatic rings. The van der Waals surface area contributed by atoms with Crippen molar-refractivity contribution in [2.45, 2.75) is 57.3 Å². The second-order valence-electron chi connectivity index (χ2n) is 9.44. The molecule has 33 heavy (non-hydrogen) atoms. The van der Waals surface area contributed by atoms with E-state index in [1.165, 1.54) is 4.90 Å². The number of nitrogens with zero attached hydrogens (tertiary/aromatic N) is 3. The molecule has 2 saturated heterocycles. The first-order chi connectivity index (χ1) is 15.8. The Balaban J connectivity index is 1.42. The van der Waals surface area contributed by atoms with E-state index >= 15 is 0 Å². The Kier molecular flexibility index (Phi) is 7.22. The molecule has 0 aliphatic carbocycles. The molecule has 0 bridgehead atoms. The smallest absolute Gasteiger partial charge is 0.324 e. The average Bonchev–Trinajstić information content (AvgIpc) is 3.01. The number of amides is 3. The quantitative estimate of drug-likeness (QED) is 0.552. The van der Waals surface area contributed by atoms with E-state index in [4.69, 9.17) is 5.73 Å². The fraction of sp³-hybridized carbons (Fsp3) is 0.462. The van der Waals surface area contributed by atoms with E-state index in [9.17, 15) is 9.59 Å². The monoisotopic (exact) mass is 512 g/mol. The summed E-state index contributed by atoms with van der Waals surface area (Å²) in [6, 6.07) is 17.8. The Bertz CT molecular complexity index is 972. The van der Waals surface area contributed by atoms with Crippen molar-refractivity contribution >= 4 is 27.9 Å². The molecule has 176 valence electrons. The van der Waals surface area contributed by atoms with Crippen molar-refractivity contribution in [1.29, 1.82) is 0 Å². The highest BCUT2D eigenvalue weighted by atomic mass is 79.9. The van der Waals surface area contributed by atoms with Gasteiger partial charge in [-0.05, 0) is 62.9 Å². The zero-order valence-corrected chi connectivity index (χ0v) is 21.0. The van der Waals surface area contributed by atoms with Crippen LogP contribution in [0, 0.1) is 0 Å². The maximum Gasteiger partial charge on any atom is 0.328 e. The van der Waals surface area contributed by atoms with E-state index in [-0.39, 0.29) is 24.0 Å². The maximum absolute atomic E-state index is 13.7. The van der Waals surface area contributed by atoms with Crippen molar-refractivity contribution < 1.29 is 9.59 Å². The van der Waals surface area contributed by atoms with Crippen molar-refractivity contribution in [2.75, 3.05) is 19.6 Å². The van der Waals surface area contributed by atoms with Gasteiger partial charge in [-0.25, -0.2) is 4.79 Å². The van der Waals surface area contributed by atoms with E-state index < -0.39 is 5.54 Å². The van der Waals surface area contributed by atoms with Gasteiger partial charge in [0.05, 0.1) is 6.54 Å². The van der Waals surface area contributed by atoms with Crippen molar-refractivity contribution in [1.82, 2.24) is 14.7 Å². The van der Waals surface area contributed by atoms with Crippen LogP contribution in [0.4, 0.5) is 4.79 Å². The summed E-state index contributed by atoms with van der Waals surface area (Å²) in [6.07, 6.45) is 2.19. The number of likely N-dealkylation sites (tertiary alicyclic amines) is 1. The predicted octanol–water partition coefficient (Wildman–Crippen LogP) is 4.55. The molecule has 2 heterocycles. The molecule has 0 aromatic heterocycles. The average molecular weight is 513 g/mol. The van der Waals surface area contributed by atoms with Gasteiger partial charge in [0.2, 0.25) is 0 Å². The van der Waals surface area contributed by atoms with E-state index in [0.717, 1.165) is 41.7 Å². The number of halogens is 1. The summed E-state index contributed by atoms with van der Waals surface area (Å²) in [7, 11) is 0. The Morgan fingerprint density at radius 2 is 1.64 bits per heavy atom. The lowest BCUT2D eigenvalue weighted by atomic mass is 9.85. The summed E-state index contributed by atoms with van der Waals surface area (Å²) < 4.78 is 0.977. The van der Waals surface area contributed by atoms with Crippen LogP contribution in [0.3, 0.4) is 0 Å².